The van der Waals surface area contributed by atoms with Crippen molar-refractivity contribution in [2.24, 2.45) is 7.05 Å². The Kier molecular flexibility index (Phi) is 3.54. The van der Waals surface area contributed by atoms with Gasteiger partial charge in [0.25, 0.3) is 0 Å². The predicted molar refractivity (Wildman–Crippen MR) is 68.8 cm³/mol. The third kappa shape index (κ3) is 2.36. The fraction of sp³-hybridized carbons (Fsp3) is 0.385. The molecule has 0 spiro atoms. The maximum atomic E-state index is 4.50. The molecule has 2 aromatic heterocycles. The summed E-state index contributed by atoms with van der Waals surface area (Å²) >= 11 is 0. The van der Waals surface area contributed by atoms with Crippen LogP contribution in [-0.2, 0) is 13.5 Å². The number of likely N-dealkylation sites (N-methyl/N-ethyl adjacent to an activating group) is 1. The van der Waals surface area contributed by atoms with Crippen molar-refractivity contribution in [2.45, 2.75) is 13.3 Å². The number of aromatic nitrogens is 3. The van der Waals surface area contributed by atoms with Crippen LogP contribution in [0.2, 0.25) is 0 Å². The van der Waals surface area contributed by atoms with Crippen LogP contribution in [0.3, 0.4) is 0 Å². The van der Waals surface area contributed by atoms with E-state index in [1.165, 1.54) is 11.3 Å². The Labute approximate surface area is 102 Å². The quantitative estimate of drug-likeness (QED) is 0.866. The highest BCUT2D eigenvalue weighted by molar-refractivity contribution is 5.67. The molecule has 0 atom stereocenters. The van der Waals surface area contributed by atoms with E-state index in [4.69, 9.17) is 0 Å². The Morgan fingerprint density at radius 3 is 2.88 bits per heavy atom. The Hall–Kier alpha value is -1.68. The van der Waals surface area contributed by atoms with Crippen molar-refractivity contribution in [3.05, 3.63) is 35.9 Å². The van der Waals surface area contributed by atoms with Crippen LogP contribution in [0.1, 0.15) is 11.4 Å². The van der Waals surface area contributed by atoms with Crippen LogP contribution in [0.4, 0.5) is 0 Å². The van der Waals surface area contributed by atoms with Crippen LogP contribution in [0.5, 0.6) is 0 Å². The van der Waals surface area contributed by atoms with E-state index in [-0.39, 0.29) is 0 Å². The molecule has 0 saturated heterocycles. The van der Waals surface area contributed by atoms with E-state index < -0.39 is 0 Å². The van der Waals surface area contributed by atoms with Gasteiger partial charge in [-0.05, 0) is 20.0 Å². The minimum atomic E-state index is 0.951. The molecule has 0 saturated carbocycles. The summed E-state index contributed by atoms with van der Waals surface area (Å²) in [6.07, 6.45) is 4.66. The van der Waals surface area contributed by atoms with Crippen molar-refractivity contribution >= 4 is 0 Å². The lowest BCUT2D eigenvalue weighted by molar-refractivity contribution is 0.678. The van der Waals surface area contributed by atoms with Crippen LogP contribution < -0.4 is 5.32 Å². The molecule has 4 nitrogen and oxygen atoms in total. The van der Waals surface area contributed by atoms with Gasteiger partial charge in [0.2, 0.25) is 0 Å². The molecule has 2 rings (SSSR count). The van der Waals surface area contributed by atoms with Crippen molar-refractivity contribution in [3.8, 4) is 11.1 Å². The van der Waals surface area contributed by atoms with Crippen LogP contribution >= 0.6 is 0 Å². The van der Waals surface area contributed by atoms with Crippen LogP contribution in [0, 0.1) is 6.92 Å². The highest BCUT2D eigenvalue weighted by Gasteiger charge is 2.14. The van der Waals surface area contributed by atoms with Crippen molar-refractivity contribution < 1.29 is 0 Å². The second-order valence-electron chi connectivity index (χ2n) is 4.13. The van der Waals surface area contributed by atoms with E-state index in [1.54, 1.807) is 6.20 Å². The molecule has 1 N–H and O–H groups in total. The van der Waals surface area contributed by atoms with Gasteiger partial charge >= 0.3 is 0 Å². The summed E-state index contributed by atoms with van der Waals surface area (Å²) in [5.41, 5.74) is 4.68. The molecule has 0 bridgehead atoms. The largest absolute Gasteiger partial charge is 0.319 e. The van der Waals surface area contributed by atoms with Gasteiger partial charge in [0, 0.05) is 49.2 Å². The van der Waals surface area contributed by atoms with Crippen molar-refractivity contribution in [3.63, 3.8) is 0 Å². The minimum absolute atomic E-state index is 0.951. The van der Waals surface area contributed by atoms with E-state index >= 15 is 0 Å². The minimum Gasteiger partial charge on any atom is -0.319 e. The van der Waals surface area contributed by atoms with Gasteiger partial charge in [0.05, 0.1) is 5.69 Å². The molecule has 17 heavy (non-hydrogen) atoms. The second-order valence-corrected chi connectivity index (χ2v) is 4.13. The second kappa shape index (κ2) is 5.10. The highest BCUT2D eigenvalue weighted by Crippen LogP contribution is 2.26. The van der Waals surface area contributed by atoms with E-state index in [2.05, 4.69) is 21.5 Å². The maximum Gasteiger partial charge on any atom is 0.0675 e. The molecule has 2 heterocycles. The molecular weight excluding hydrogens is 212 g/mol. The van der Waals surface area contributed by atoms with E-state index in [9.17, 15) is 0 Å². The summed E-state index contributed by atoms with van der Waals surface area (Å²) in [7, 11) is 3.96. The highest BCUT2D eigenvalue weighted by atomic mass is 15.3. The van der Waals surface area contributed by atoms with Gasteiger partial charge in [-0.2, -0.15) is 5.10 Å². The number of rotatable bonds is 4. The number of nitrogens with one attached hydrogen (secondary N) is 1. The third-order valence-corrected chi connectivity index (χ3v) is 2.90. The van der Waals surface area contributed by atoms with Gasteiger partial charge in [0.1, 0.15) is 0 Å². The number of aryl methyl sites for hydroxylation is 2. The molecule has 0 radical (unpaired) electrons. The zero-order chi connectivity index (χ0) is 12.3. The molecule has 0 aliphatic heterocycles. The van der Waals surface area contributed by atoms with E-state index in [1.807, 2.05) is 38.0 Å². The standard InChI is InChI=1S/C13H18N4/c1-10-13(11-5-4-7-15-9-11)12(6-8-14-2)17(3)16-10/h4-5,7,9,14H,6,8H2,1-3H3. The lowest BCUT2D eigenvalue weighted by atomic mass is 10.0. The summed E-state index contributed by atoms with van der Waals surface area (Å²) in [6.45, 7) is 3.00. The fourth-order valence-electron chi connectivity index (χ4n) is 2.12. The van der Waals surface area contributed by atoms with Gasteiger partial charge in [-0.25, -0.2) is 0 Å². The zero-order valence-electron chi connectivity index (χ0n) is 10.6. The van der Waals surface area contributed by atoms with Gasteiger partial charge < -0.3 is 5.32 Å². The van der Waals surface area contributed by atoms with Gasteiger partial charge in [0.15, 0.2) is 0 Å². The number of pyridine rings is 1. The number of hydrogen-bond donors (Lipinski definition) is 1. The number of hydrogen-bond acceptors (Lipinski definition) is 3. The van der Waals surface area contributed by atoms with Crippen molar-refractivity contribution in [2.75, 3.05) is 13.6 Å². The average molecular weight is 230 g/mol. The molecule has 90 valence electrons. The third-order valence-electron chi connectivity index (χ3n) is 2.90. The summed E-state index contributed by atoms with van der Waals surface area (Å²) in [5.74, 6) is 0. The Morgan fingerprint density at radius 1 is 1.41 bits per heavy atom. The van der Waals surface area contributed by atoms with Crippen LogP contribution in [0.25, 0.3) is 11.1 Å². The van der Waals surface area contributed by atoms with Crippen LogP contribution in [-0.4, -0.2) is 28.4 Å². The predicted octanol–water partition coefficient (Wildman–Crippen LogP) is 1.55. The molecule has 0 amide bonds. The van der Waals surface area contributed by atoms with Gasteiger partial charge in [-0.15, -0.1) is 0 Å². The maximum absolute atomic E-state index is 4.50. The molecular formula is C13H18N4. The molecule has 0 aromatic carbocycles. The summed E-state index contributed by atoms with van der Waals surface area (Å²) in [4.78, 5) is 4.18. The average Bonchev–Trinajstić information content (AvgIpc) is 2.62. The molecule has 2 aromatic rings. The lowest BCUT2D eigenvalue weighted by Gasteiger charge is -2.06. The molecule has 0 fully saturated rings. The van der Waals surface area contributed by atoms with E-state index in [0.717, 1.165) is 24.2 Å². The van der Waals surface area contributed by atoms with Crippen LogP contribution in [0.15, 0.2) is 24.5 Å². The first kappa shape index (κ1) is 11.8. The Balaban J connectivity index is 2.45. The Bertz CT molecular complexity index is 488. The smallest absolute Gasteiger partial charge is 0.0675 e. The molecule has 0 aliphatic carbocycles. The van der Waals surface area contributed by atoms with Gasteiger partial charge in [-0.1, -0.05) is 6.07 Å². The molecule has 0 unspecified atom stereocenters. The summed E-state index contributed by atoms with van der Waals surface area (Å²) in [5, 5.41) is 7.68. The fourth-order valence-corrected chi connectivity index (χ4v) is 2.12. The van der Waals surface area contributed by atoms with Crippen molar-refractivity contribution in [1.82, 2.24) is 20.1 Å². The summed E-state index contributed by atoms with van der Waals surface area (Å²) < 4.78 is 1.97. The molecule has 0 aliphatic rings. The normalized spacial score (nSPS) is 10.8. The van der Waals surface area contributed by atoms with Crippen molar-refractivity contribution in [1.29, 1.82) is 0 Å². The SMILES string of the molecule is CNCCc1c(-c2cccnc2)c(C)nn1C. The summed E-state index contributed by atoms with van der Waals surface area (Å²) in [6, 6.07) is 4.05. The first-order valence-electron chi connectivity index (χ1n) is 5.81. The lowest BCUT2D eigenvalue weighted by Crippen LogP contribution is -2.13. The monoisotopic (exact) mass is 230 g/mol. The topological polar surface area (TPSA) is 42.7 Å². The van der Waals surface area contributed by atoms with Gasteiger partial charge in [-0.3, -0.25) is 9.67 Å². The Morgan fingerprint density at radius 2 is 2.24 bits per heavy atom. The van der Waals surface area contributed by atoms with E-state index in [0.29, 0.717) is 0 Å². The first-order valence-corrected chi connectivity index (χ1v) is 5.81. The zero-order valence-corrected chi connectivity index (χ0v) is 10.6. The molecule has 4 heteroatoms. The first-order chi connectivity index (χ1) is 8.24. The number of nitrogens with zero attached hydrogens (tertiary/aromatic N) is 3.